The monoisotopic (exact) mass is 313 g/mol. The Bertz CT molecular complexity index is 776. The van der Waals surface area contributed by atoms with Crippen molar-refractivity contribution in [3.05, 3.63) is 65.5 Å². The zero-order valence-corrected chi connectivity index (χ0v) is 12.5. The molecule has 6 heteroatoms. The fourth-order valence-electron chi connectivity index (χ4n) is 2.09. The molecule has 0 N–H and O–H groups in total. The summed E-state index contributed by atoms with van der Waals surface area (Å²) in [7, 11) is 1.60. The third-order valence-corrected chi connectivity index (χ3v) is 3.15. The van der Waals surface area contributed by atoms with Crippen molar-refractivity contribution in [1.29, 1.82) is 0 Å². The number of benzene rings is 1. The molecule has 0 saturated heterocycles. The summed E-state index contributed by atoms with van der Waals surface area (Å²) in [6.45, 7) is 0.467. The Kier molecular flexibility index (Phi) is 4.54. The number of esters is 1. The molecule has 0 aliphatic carbocycles. The number of furan rings is 1. The molecule has 0 unspecified atom stereocenters. The molecule has 0 spiro atoms. The molecule has 0 aliphatic rings. The lowest BCUT2D eigenvalue weighted by molar-refractivity contribution is 0.0464. The second-order valence-electron chi connectivity index (χ2n) is 4.87. The Morgan fingerprint density at radius 2 is 2.04 bits per heavy atom. The summed E-state index contributed by atoms with van der Waals surface area (Å²) in [6, 6.07) is 12.3. The second kappa shape index (κ2) is 6.93. The SMILES string of the molecule is COCc1cccc(C(=O)OCc2cc(-c3ccco3)on2)c1. The molecule has 3 aromatic rings. The molecule has 3 rings (SSSR count). The third kappa shape index (κ3) is 3.67. The van der Waals surface area contributed by atoms with Gasteiger partial charge in [0.1, 0.15) is 12.3 Å². The standard InChI is InChI=1S/C17H15NO5/c1-20-10-12-4-2-5-13(8-12)17(19)22-11-14-9-16(23-18-14)15-6-3-7-21-15/h2-9H,10-11H2,1H3. The molecule has 1 aromatic carbocycles. The van der Waals surface area contributed by atoms with Crippen LogP contribution >= 0.6 is 0 Å². The van der Waals surface area contributed by atoms with Crippen LogP contribution in [0.2, 0.25) is 0 Å². The van der Waals surface area contributed by atoms with Crippen LogP contribution in [0.5, 0.6) is 0 Å². The molecule has 0 fully saturated rings. The number of aromatic nitrogens is 1. The first-order valence-electron chi connectivity index (χ1n) is 7.01. The first-order valence-corrected chi connectivity index (χ1v) is 7.01. The third-order valence-electron chi connectivity index (χ3n) is 3.15. The Hall–Kier alpha value is -2.86. The van der Waals surface area contributed by atoms with E-state index in [-0.39, 0.29) is 6.61 Å². The number of carbonyl (C=O) groups is 1. The second-order valence-corrected chi connectivity index (χ2v) is 4.87. The van der Waals surface area contributed by atoms with Gasteiger partial charge in [-0.3, -0.25) is 0 Å². The predicted molar refractivity (Wildman–Crippen MR) is 80.5 cm³/mol. The molecule has 2 heterocycles. The summed E-state index contributed by atoms with van der Waals surface area (Å²) < 4.78 is 20.6. The first-order chi connectivity index (χ1) is 11.3. The van der Waals surface area contributed by atoms with Gasteiger partial charge in [0.15, 0.2) is 5.76 Å². The van der Waals surface area contributed by atoms with Crippen LogP contribution in [-0.4, -0.2) is 18.2 Å². The highest BCUT2D eigenvalue weighted by Gasteiger charge is 2.12. The van der Waals surface area contributed by atoms with Crippen LogP contribution in [0.4, 0.5) is 0 Å². The van der Waals surface area contributed by atoms with Crippen molar-refractivity contribution in [2.24, 2.45) is 0 Å². The molecule has 0 radical (unpaired) electrons. The molecule has 23 heavy (non-hydrogen) atoms. The number of rotatable bonds is 6. The summed E-state index contributed by atoms with van der Waals surface area (Å²) in [6.07, 6.45) is 1.55. The van der Waals surface area contributed by atoms with Crippen LogP contribution < -0.4 is 0 Å². The minimum Gasteiger partial charge on any atom is -0.461 e. The van der Waals surface area contributed by atoms with Crippen molar-refractivity contribution in [2.75, 3.05) is 7.11 Å². The molecule has 2 aromatic heterocycles. The maximum Gasteiger partial charge on any atom is 0.338 e. The van der Waals surface area contributed by atoms with Gasteiger partial charge >= 0.3 is 5.97 Å². The Morgan fingerprint density at radius 3 is 2.83 bits per heavy atom. The highest BCUT2D eigenvalue weighted by molar-refractivity contribution is 5.89. The molecule has 0 amide bonds. The van der Waals surface area contributed by atoms with Gasteiger partial charge in [-0.1, -0.05) is 17.3 Å². The van der Waals surface area contributed by atoms with Crippen LogP contribution in [0.15, 0.2) is 57.7 Å². The molecular weight excluding hydrogens is 298 g/mol. The van der Waals surface area contributed by atoms with Gasteiger partial charge in [-0.25, -0.2) is 4.79 Å². The number of hydrogen-bond donors (Lipinski definition) is 0. The van der Waals surface area contributed by atoms with Crippen LogP contribution in [-0.2, 0) is 22.7 Å². The normalized spacial score (nSPS) is 10.7. The molecule has 0 atom stereocenters. The minimum absolute atomic E-state index is 0.0253. The highest BCUT2D eigenvalue weighted by Crippen LogP contribution is 2.21. The van der Waals surface area contributed by atoms with Crippen molar-refractivity contribution in [3.63, 3.8) is 0 Å². The lowest BCUT2D eigenvalue weighted by Gasteiger charge is -2.04. The van der Waals surface area contributed by atoms with Gasteiger partial charge in [-0.15, -0.1) is 0 Å². The van der Waals surface area contributed by atoms with E-state index in [0.717, 1.165) is 5.56 Å². The van der Waals surface area contributed by atoms with E-state index in [1.807, 2.05) is 6.07 Å². The van der Waals surface area contributed by atoms with Crippen molar-refractivity contribution >= 4 is 5.97 Å². The predicted octanol–water partition coefficient (Wildman–Crippen LogP) is 3.44. The van der Waals surface area contributed by atoms with E-state index in [4.69, 9.17) is 18.4 Å². The molecule has 118 valence electrons. The lowest BCUT2D eigenvalue weighted by atomic mass is 10.1. The van der Waals surface area contributed by atoms with Crippen LogP contribution in [0.3, 0.4) is 0 Å². The quantitative estimate of drug-likeness (QED) is 0.649. The lowest BCUT2D eigenvalue weighted by Crippen LogP contribution is -2.06. The Morgan fingerprint density at radius 1 is 1.13 bits per heavy atom. The maximum absolute atomic E-state index is 12.1. The van der Waals surface area contributed by atoms with Gasteiger partial charge in [0.25, 0.3) is 0 Å². The topological polar surface area (TPSA) is 74.7 Å². The average molecular weight is 313 g/mol. The van der Waals surface area contributed by atoms with Crippen molar-refractivity contribution in [3.8, 4) is 11.5 Å². The van der Waals surface area contributed by atoms with E-state index in [2.05, 4.69) is 5.16 Å². The van der Waals surface area contributed by atoms with Crippen LogP contribution in [0, 0.1) is 0 Å². The Balaban J connectivity index is 1.62. The summed E-state index contributed by atoms with van der Waals surface area (Å²) in [5, 5.41) is 3.85. The van der Waals surface area contributed by atoms with Crippen molar-refractivity contribution in [2.45, 2.75) is 13.2 Å². The number of hydrogen-bond acceptors (Lipinski definition) is 6. The van der Waals surface area contributed by atoms with E-state index in [1.165, 1.54) is 0 Å². The molecular formula is C17H15NO5. The molecule has 0 saturated carbocycles. The molecule has 0 aliphatic heterocycles. The first kappa shape index (κ1) is 15.1. The maximum atomic E-state index is 12.1. The van der Waals surface area contributed by atoms with Crippen LogP contribution in [0.25, 0.3) is 11.5 Å². The summed E-state index contributed by atoms with van der Waals surface area (Å²) >= 11 is 0. The minimum atomic E-state index is -0.425. The highest BCUT2D eigenvalue weighted by atomic mass is 16.5. The van der Waals surface area contributed by atoms with Crippen LogP contribution in [0.1, 0.15) is 21.6 Å². The van der Waals surface area contributed by atoms with E-state index >= 15 is 0 Å². The average Bonchev–Trinajstić information content (AvgIpc) is 3.24. The zero-order valence-electron chi connectivity index (χ0n) is 12.5. The summed E-state index contributed by atoms with van der Waals surface area (Å²) in [5.74, 6) is 0.635. The number of nitrogens with zero attached hydrogens (tertiary/aromatic N) is 1. The summed E-state index contributed by atoms with van der Waals surface area (Å²) in [5.41, 5.74) is 1.88. The van der Waals surface area contributed by atoms with Crippen molar-refractivity contribution < 1.29 is 23.2 Å². The van der Waals surface area contributed by atoms with Gasteiger partial charge in [0.05, 0.1) is 18.4 Å². The fourth-order valence-corrected chi connectivity index (χ4v) is 2.09. The van der Waals surface area contributed by atoms with Crippen molar-refractivity contribution in [1.82, 2.24) is 5.16 Å². The van der Waals surface area contributed by atoms with Gasteiger partial charge in [0, 0.05) is 13.2 Å². The largest absolute Gasteiger partial charge is 0.461 e. The molecule has 6 nitrogen and oxygen atoms in total. The Labute approximate surface area is 132 Å². The van der Waals surface area contributed by atoms with E-state index < -0.39 is 5.97 Å². The number of ether oxygens (including phenoxy) is 2. The van der Waals surface area contributed by atoms with E-state index in [1.54, 1.807) is 49.8 Å². The number of methoxy groups -OCH3 is 1. The van der Waals surface area contributed by atoms with E-state index in [0.29, 0.717) is 29.4 Å². The van der Waals surface area contributed by atoms with Gasteiger partial charge in [-0.05, 0) is 29.8 Å². The van der Waals surface area contributed by atoms with Gasteiger partial charge in [0.2, 0.25) is 5.76 Å². The van der Waals surface area contributed by atoms with Gasteiger partial charge < -0.3 is 18.4 Å². The van der Waals surface area contributed by atoms with E-state index in [9.17, 15) is 4.79 Å². The zero-order chi connectivity index (χ0) is 16.1. The van der Waals surface area contributed by atoms with Gasteiger partial charge in [-0.2, -0.15) is 0 Å². The molecule has 0 bridgehead atoms. The fraction of sp³-hybridized carbons (Fsp3) is 0.176. The summed E-state index contributed by atoms with van der Waals surface area (Å²) in [4.78, 5) is 12.1. The number of carbonyl (C=O) groups excluding carboxylic acids is 1. The smallest absolute Gasteiger partial charge is 0.338 e.